The lowest BCUT2D eigenvalue weighted by molar-refractivity contribution is 0.415. The lowest BCUT2D eigenvalue weighted by Crippen LogP contribution is -1.96. The quantitative estimate of drug-likeness (QED) is 0.740. The first-order valence-corrected chi connectivity index (χ1v) is 4.49. The van der Waals surface area contributed by atoms with Gasteiger partial charge in [-0.2, -0.15) is 0 Å². The maximum atomic E-state index is 5.95. The van der Waals surface area contributed by atoms with Crippen molar-refractivity contribution in [3.05, 3.63) is 28.9 Å². The van der Waals surface area contributed by atoms with Crippen LogP contribution >= 0.6 is 11.6 Å². The van der Waals surface area contributed by atoms with Crippen LogP contribution in [0.5, 0.6) is 5.75 Å². The van der Waals surface area contributed by atoms with Crippen molar-refractivity contribution in [2.75, 3.05) is 12.8 Å². The topological polar surface area (TPSA) is 61.3 Å². The molecule has 0 saturated carbocycles. The maximum absolute atomic E-state index is 5.95. The molecule has 1 rings (SSSR count). The van der Waals surface area contributed by atoms with Crippen LogP contribution in [0, 0.1) is 0 Å². The highest BCUT2D eigenvalue weighted by molar-refractivity contribution is 6.32. The molecule has 0 amide bonds. The van der Waals surface area contributed by atoms with Crippen molar-refractivity contribution >= 4 is 22.9 Å². The second-order valence-corrected chi connectivity index (χ2v) is 3.33. The average Bonchev–Trinajstić information content (AvgIpc) is 2.19. The lowest BCUT2D eigenvalue weighted by atomic mass is 10.1. The fourth-order valence-corrected chi connectivity index (χ4v) is 1.40. The van der Waals surface area contributed by atoms with Crippen molar-refractivity contribution in [1.29, 1.82) is 0 Å². The molecule has 0 fully saturated rings. The van der Waals surface area contributed by atoms with Crippen LogP contribution in [0.1, 0.15) is 12.5 Å². The molecule has 0 atom stereocenters. The zero-order valence-corrected chi connectivity index (χ0v) is 8.93. The van der Waals surface area contributed by atoms with Crippen LogP contribution in [0.3, 0.4) is 0 Å². The van der Waals surface area contributed by atoms with E-state index in [0.717, 1.165) is 11.1 Å². The van der Waals surface area contributed by atoms with Crippen molar-refractivity contribution in [1.82, 2.24) is 0 Å². The van der Waals surface area contributed by atoms with Crippen LogP contribution in [-0.2, 0) is 0 Å². The summed E-state index contributed by atoms with van der Waals surface area (Å²) in [5.74, 6) is 0.567. The number of ether oxygens (including phenoxy) is 1. The number of methoxy groups -OCH3 is 1. The predicted molar refractivity (Wildman–Crippen MR) is 60.3 cm³/mol. The summed E-state index contributed by atoms with van der Waals surface area (Å²) in [6.45, 7) is 1.87. The third kappa shape index (κ3) is 1.93. The molecule has 1 aromatic carbocycles. The van der Waals surface area contributed by atoms with E-state index >= 15 is 0 Å². The SMILES string of the molecule is COc1cc(N)c(/C(C)=C\N)cc1Cl. The molecule has 0 heterocycles. The summed E-state index contributed by atoms with van der Waals surface area (Å²) in [5, 5.41) is 0.526. The van der Waals surface area contributed by atoms with Crippen molar-refractivity contribution in [2.45, 2.75) is 6.92 Å². The molecular formula is C10H13ClN2O. The van der Waals surface area contributed by atoms with E-state index in [1.54, 1.807) is 19.2 Å². The molecule has 14 heavy (non-hydrogen) atoms. The Morgan fingerprint density at radius 1 is 1.50 bits per heavy atom. The van der Waals surface area contributed by atoms with Gasteiger partial charge in [-0.15, -0.1) is 0 Å². The molecule has 0 unspecified atom stereocenters. The number of allylic oxidation sites excluding steroid dienone is 1. The van der Waals surface area contributed by atoms with E-state index in [2.05, 4.69) is 0 Å². The Kier molecular flexibility index (Phi) is 3.25. The Labute approximate surface area is 88.3 Å². The third-order valence-electron chi connectivity index (χ3n) is 2.00. The number of nitrogens with two attached hydrogens (primary N) is 2. The van der Waals surface area contributed by atoms with Crippen LogP contribution in [0.2, 0.25) is 5.02 Å². The van der Waals surface area contributed by atoms with E-state index in [-0.39, 0.29) is 0 Å². The molecule has 4 N–H and O–H groups in total. The van der Waals surface area contributed by atoms with E-state index in [1.807, 2.05) is 6.92 Å². The van der Waals surface area contributed by atoms with E-state index < -0.39 is 0 Å². The van der Waals surface area contributed by atoms with Crippen LogP contribution in [-0.4, -0.2) is 7.11 Å². The first-order chi connectivity index (χ1) is 6.60. The van der Waals surface area contributed by atoms with Gasteiger partial charge in [0.15, 0.2) is 0 Å². The summed E-state index contributed by atoms with van der Waals surface area (Å²) in [4.78, 5) is 0. The zero-order chi connectivity index (χ0) is 10.7. The van der Waals surface area contributed by atoms with E-state index in [0.29, 0.717) is 16.5 Å². The van der Waals surface area contributed by atoms with Gasteiger partial charge in [-0.1, -0.05) is 11.6 Å². The maximum Gasteiger partial charge on any atom is 0.139 e. The fourth-order valence-electron chi connectivity index (χ4n) is 1.16. The fraction of sp³-hybridized carbons (Fsp3) is 0.200. The molecule has 0 radical (unpaired) electrons. The average molecular weight is 213 g/mol. The first-order valence-electron chi connectivity index (χ1n) is 4.12. The Morgan fingerprint density at radius 3 is 2.64 bits per heavy atom. The molecule has 76 valence electrons. The van der Waals surface area contributed by atoms with Gasteiger partial charge in [-0.25, -0.2) is 0 Å². The second kappa shape index (κ2) is 4.24. The van der Waals surface area contributed by atoms with Gasteiger partial charge in [0.1, 0.15) is 5.75 Å². The molecule has 1 aromatic rings. The molecule has 0 bridgehead atoms. The molecule has 0 saturated heterocycles. The van der Waals surface area contributed by atoms with Gasteiger partial charge in [-0.3, -0.25) is 0 Å². The Balaban J connectivity index is 3.29. The zero-order valence-electron chi connectivity index (χ0n) is 8.17. The summed E-state index contributed by atoms with van der Waals surface area (Å²) < 4.78 is 5.03. The van der Waals surface area contributed by atoms with Crippen LogP contribution in [0.15, 0.2) is 18.3 Å². The van der Waals surface area contributed by atoms with E-state index in [9.17, 15) is 0 Å². The van der Waals surface area contributed by atoms with Gasteiger partial charge < -0.3 is 16.2 Å². The molecular weight excluding hydrogens is 200 g/mol. The number of nitrogen functional groups attached to an aromatic ring is 1. The molecule has 0 aliphatic carbocycles. The van der Waals surface area contributed by atoms with Gasteiger partial charge >= 0.3 is 0 Å². The van der Waals surface area contributed by atoms with Gasteiger partial charge in [-0.05, 0) is 24.8 Å². The van der Waals surface area contributed by atoms with Gasteiger partial charge in [0.25, 0.3) is 0 Å². The summed E-state index contributed by atoms with van der Waals surface area (Å²) in [7, 11) is 1.55. The van der Waals surface area contributed by atoms with Gasteiger partial charge in [0.2, 0.25) is 0 Å². The highest BCUT2D eigenvalue weighted by atomic mass is 35.5. The van der Waals surface area contributed by atoms with Crippen LogP contribution in [0.25, 0.3) is 5.57 Å². The van der Waals surface area contributed by atoms with Crippen molar-refractivity contribution < 1.29 is 4.74 Å². The van der Waals surface area contributed by atoms with Crippen molar-refractivity contribution in [2.24, 2.45) is 5.73 Å². The highest BCUT2D eigenvalue weighted by Gasteiger charge is 2.07. The molecule has 0 spiro atoms. The van der Waals surface area contributed by atoms with Crippen LogP contribution < -0.4 is 16.2 Å². The summed E-state index contributed by atoms with van der Waals surface area (Å²) in [5.41, 5.74) is 13.5. The predicted octanol–water partition coefficient (Wildman–Crippen LogP) is 2.25. The third-order valence-corrected chi connectivity index (χ3v) is 2.29. The van der Waals surface area contributed by atoms with Crippen molar-refractivity contribution in [3.8, 4) is 5.75 Å². The first kappa shape index (κ1) is 10.7. The monoisotopic (exact) mass is 212 g/mol. The number of rotatable bonds is 2. The Hall–Kier alpha value is -1.35. The molecule has 4 heteroatoms. The molecule has 3 nitrogen and oxygen atoms in total. The number of anilines is 1. The van der Waals surface area contributed by atoms with Gasteiger partial charge in [0.05, 0.1) is 12.1 Å². The van der Waals surface area contributed by atoms with E-state index in [4.69, 9.17) is 27.8 Å². The summed E-state index contributed by atoms with van der Waals surface area (Å²) >= 11 is 5.95. The largest absolute Gasteiger partial charge is 0.495 e. The number of hydrogen-bond donors (Lipinski definition) is 2. The Bertz CT molecular complexity index is 375. The van der Waals surface area contributed by atoms with Gasteiger partial charge in [0, 0.05) is 17.3 Å². The Morgan fingerprint density at radius 2 is 2.14 bits per heavy atom. The van der Waals surface area contributed by atoms with Crippen molar-refractivity contribution in [3.63, 3.8) is 0 Å². The molecule has 0 aromatic heterocycles. The summed E-state index contributed by atoms with van der Waals surface area (Å²) in [6.07, 6.45) is 1.49. The van der Waals surface area contributed by atoms with Crippen LogP contribution in [0.4, 0.5) is 5.69 Å². The lowest BCUT2D eigenvalue weighted by Gasteiger charge is -2.09. The highest BCUT2D eigenvalue weighted by Crippen LogP contribution is 2.32. The molecule has 0 aliphatic heterocycles. The van der Waals surface area contributed by atoms with E-state index in [1.165, 1.54) is 6.20 Å². The number of hydrogen-bond acceptors (Lipinski definition) is 3. The normalized spacial score (nSPS) is 11.5. The standard InChI is InChI=1S/C10H13ClN2O/c1-6(5-12)7-3-8(11)10(14-2)4-9(7)13/h3-5H,12-13H2,1-2H3/b6-5-. The minimum absolute atomic E-state index is 0.526. The minimum atomic E-state index is 0.526. The minimum Gasteiger partial charge on any atom is -0.495 e. The second-order valence-electron chi connectivity index (χ2n) is 2.92. The smallest absolute Gasteiger partial charge is 0.139 e. The molecule has 0 aliphatic rings. The number of halogens is 1. The number of benzene rings is 1. The summed E-state index contributed by atoms with van der Waals surface area (Å²) in [6, 6.07) is 3.43.